The van der Waals surface area contributed by atoms with Crippen molar-refractivity contribution in [1.82, 2.24) is 0 Å². The molecule has 0 heterocycles. The SMILES string of the molecule is C#CC(O)c1ccccc1.O=Cc1ccccc1. The highest BCUT2D eigenvalue weighted by Gasteiger charge is 1.98. The number of aldehydes is 1. The molecule has 2 nitrogen and oxygen atoms in total. The van der Waals surface area contributed by atoms with Gasteiger partial charge >= 0.3 is 0 Å². The van der Waals surface area contributed by atoms with E-state index >= 15 is 0 Å². The van der Waals surface area contributed by atoms with E-state index in [0.717, 1.165) is 17.4 Å². The normalized spacial score (nSPS) is 10.4. The lowest BCUT2D eigenvalue weighted by Crippen LogP contribution is -1.90. The number of benzene rings is 2. The smallest absolute Gasteiger partial charge is 0.150 e. The summed E-state index contributed by atoms with van der Waals surface area (Å²) in [5, 5.41) is 9.09. The van der Waals surface area contributed by atoms with E-state index in [0.29, 0.717) is 0 Å². The Bertz CT molecular complexity index is 498. The molecule has 2 rings (SSSR count). The van der Waals surface area contributed by atoms with E-state index in [1.165, 1.54) is 0 Å². The van der Waals surface area contributed by atoms with Crippen molar-refractivity contribution in [3.05, 3.63) is 71.8 Å². The van der Waals surface area contributed by atoms with Crippen LogP contribution in [0.25, 0.3) is 0 Å². The van der Waals surface area contributed by atoms with E-state index in [1.807, 2.05) is 36.4 Å². The molecule has 0 aliphatic rings. The zero-order chi connectivity index (χ0) is 13.2. The Labute approximate surface area is 107 Å². The Morgan fingerprint density at radius 3 is 1.89 bits per heavy atom. The topological polar surface area (TPSA) is 37.3 Å². The fraction of sp³-hybridized carbons (Fsp3) is 0.0625. The second-order valence-electron chi connectivity index (χ2n) is 3.51. The summed E-state index contributed by atoms with van der Waals surface area (Å²) in [6.07, 6.45) is 5.07. The molecule has 0 amide bonds. The molecule has 1 unspecified atom stereocenters. The highest BCUT2D eigenvalue weighted by Crippen LogP contribution is 2.09. The third-order valence-corrected chi connectivity index (χ3v) is 2.21. The molecule has 0 radical (unpaired) electrons. The Morgan fingerprint density at radius 1 is 1.00 bits per heavy atom. The summed E-state index contributed by atoms with van der Waals surface area (Å²) in [6.45, 7) is 0. The molecule has 0 saturated carbocycles. The number of hydrogen-bond acceptors (Lipinski definition) is 2. The number of aliphatic hydroxyl groups excluding tert-OH is 1. The van der Waals surface area contributed by atoms with Gasteiger partial charge in [0.1, 0.15) is 12.4 Å². The first-order valence-corrected chi connectivity index (χ1v) is 5.47. The van der Waals surface area contributed by atoms with Crippen LogP contribution >= 0.6 is 0 Å². The first-order chi connectivity index (χ1) is 8.77. The minimum atomic E-state index is -0.763. The summed E-state index contributed by atoms with van der Waals surface area (Å²) < 4.78 is 0. The quantitative estimate of drug-likeness (QED) is 0.645. The van der Waals surface area contributed by atoms with Crippen molar-refractivity contribution in [3.63, 3.8) is 0 Å². The highest BCUT2D eigenvalue weighted by atomic mass is 16.3. The molecule has 0 bridgehead atoms. The largest absolute Gasteiger partial charge is 0.376 e. The van der Waals surface area contributed by atoms with Crippen LogP contribution in [-0.2, 0) is 0 Å². The molecular formula is C16H14O2. The maximum absolute atomic E-state index is 10.0. The van der Waals surface area contributed by atoms with Crippen LogP contribution in [0.15, 0.2) is 60.7 Å². The Hall–Kier alpha value is -2.37. The van der Waals surface area contributed by atoms with E-state index in [4.69, 9.17) is 11.5 Å². The van der Waals surface area contributed by atoms with E-state index in [1.54, 1.807) is 24.3 Å². The van der Waals surface area contributed by atoms with Crippen LogP contribution in [0.1, 0.15) is 22.0 Å². The number of carbonyl (C=O) groups excluding carboxylic acids is 1. The van der Waals surface area contributed by atoms with Crippen LogP contribution in [0.5, 0.6) is 0 Å². The van der Waals surface area contributed by atoms with Crippen molar-refractivity contribution in [2.45, 2.75) is 6.10 Å². The maximum Gasteiger partial charge on any atom is 0.150 e. The average molecular weight is 238 g/mol. The molecule has 1 atom stereocenters. The van der Waals surface area contributed by atoms with Crippen molar-refractivity contribution in [1.29, 1.82) is 0 Å². The molecule has 1 N–H and O–H groups in total. The summed E-state index contributed by atoms with van der Waals surface area (Å²) >= 11 is 0. The minimum absolute atomic E-state index is 0.729. The number of aliphatic hydroxyl groups is 1. The van der Waals surface area contributed by atoms with E-state index in [-0.39, 0.29) is 0 Å². The van der Waals surface area contributed by atoms with E-state index in [2.05, 4.69) is 5.92 Å². The van der Waals surface area contributed by atoms with Gasteiger partial charge in [-0.15, -0.1) is 6.42 Å². The van der Waals surface area contributed by atoms with Crippen LogP contribution in [0.4, 0.5) is 0 Å². The van der Waals surface area contributed by atoms with Crippen molar-refractivity contribution in [2.75, 3.05) is 0 Å². The Kier molecular flexibility index (Phi) is 5.96. The van der Waals surface area contributed by atoms with Gasteiger partial charge in [0, 0.05) is 5.56 Å². The van der Waals surface area contributed by atoms with Crippen LogP contribution in [-0.4, -0.2) is 11.4 Å². The number of carbonyl (C=O) groups is 1. The molecule has 0 aliphatic heterocycles. The number of terminal acetylenes is 1. The van der Waals surface area contributed by atoms with Crippen molar-refractivity contribution in [3.8, 4) is 12.3 Å². The lowest BCUT2D eigenvalue weighted by atomic mass is 10.1. The van der Waals surface area contributed by atoms with Gasteiger partial charge in [-0.2, -0.15) is 0 Å². The van der Waals surface area contributed by atoms with Gasteiger partial charge in [-0.05, 0) is 5.56 Å². The van der Waals surface area contributed by atoms with Crippen molar-refractivity contribution < 1.29 is 9.90 Å². The molecule has 0 aliphatic carbocycles. The molecule has 90 valence electrons. The predicted octanol–water partition coefficient (Wildman–Crippen LogP) is 2.85. The molecule has 0 aromatic heterocycles. The van der Waals surface area contributed by atoms with Gasteiger partial charge in [-0.25, -0.2) is 0 Å². The van der Waals surface area contributed by atoms with Gasteiger partial charge < -0.3 is 5.11 Å². The third-order valence-electron chi connectivity index (χ3n) is 2.21. The minimum Gasteiger partial charge on any atom is -0.376 e. The van der Waals surface area contributed by atoms with Gasteiger partial charge in [-0.1, -0.05) is 66.6 Å². The number of hydrogen-bond donors (Lipinski definition) is 1. The van der Waals surface area contributed by atoms with Crippen LogP contribution in [0.2, 0.25) is 0 Å². The molecular weight excluding hydrogens is 224 g/mol. The zero-order valence-electron chi connectivity index (χ0n) is 9.86. The molecule has 2 aromatic rings. The fourth-order valence-electron chi connectivity index (χ4n) is 1.26. The van der Waals surface area contributed by atoms with Crippen LogP contribution < -0.4 is 0 Å². The molecule has 2 heteroatoms. The molecule has 0 spiro atoms. The summed E-state index contributed by atoms with van der Waals surface area (Å²) in [6, 6.07) is 18.3. The van der Waals surface area contributed by atoms with Crippen LogP contribution in [0, 0.1) is 12.3 Å². The van der Waals surface area contributed by atoms with Gasteiger partial charge in [0.15, 0.2) is 0 Å². The summed E-state index contributed by atoms with van der Waals surface area (Å²) in [7, 11) is 0. The monoisotopic (exact) mass is 238 g/mol. The third kappa shape index (κ3) is 4.65. The van der Waals surface area contributed by atoms with E-state index < -0.39 is 6.10 Å². The standard InChI is InChI=1S/C9H8O.C7H6O/c1-2-9(10)8-6-4-3-5-7-8;8-6-7-4-2-1-3-5-7/h1,3-7,9-10H;1-6H. The van der Waals surface area contributed by atoms with Crippen molar-refractivity contribution >= 4 is 6.29 Å². The highest BCUT2D eigenvalue weighted by molar-refractivity contribution is 5.74. The molecule has 18 heavy (non-hydrogen) atoms. The van der Waals surface area contributed by atoms with Gasteiger partial charge in [0.05, 0.1) is 0 Å². The zero-order valence-corrected chi connectivity index (χ0v) is 9.86. The summed E-state index contributed by atoms with van der Waals surface area (Å²) in [5.41, 5.74) is 1.50. The molecule has 0 saturated heterocycles. The van der Waals surface area contributed by atoms with Gasteiger partial charge in [-0.3, -0.25) is 4.79 Å². The first kappa shape index (κ1) is 13.7. The Balaban J connectivity index is 0.000000184. The number of rotatable bonds is 2. The van der Waals surface area contributed by atoms with Gasteiger partial charge in [0.2, 0.25) is 0 Å². The second kappa shape index (κ2) is 7.83. The second-order valence-corrected chi connectivity index (χ2v) is 3.51. The van der Waals surface area contributed by atoms with Crippen molar-refractivity contribution in [2.24, 2.45) is 0 Å². The average Bonchev–Trinajstić information content (AvgIpc) is 2.49. The summed E-state index contributed by atoms with van der Waals surface area (Å²) in [4.78, 5) is 10.0. The fourth-order valence-corrected chi connectivity index (χ4v) is 1.26. The maximum atomic E-state index is 10.0. The lowest BCUT2D eigenvalue weighted by molar-refractivity contribution is 0.112. The lowest BCUT2D eigenvalue weighted by Gasteiger charge is -2.00. The summed E-state index contributed by atoms with van der Waals surface area (Å²) in [5.74, 6) is 2.24. The first-order valence-electron chi connectivity index (χ1n) is 5.47. The van der Waals surface area contributed by atoms with E-state index in [9.17, 15) is 4.79 Å². The van der Waals surface area contributed by atoms with Gasteiger partial charge in [0.25, 0.3) is 0 Å². The molecule has 2 aromatic carbocycles. The molecule has 0 fully saturated rings. The van der Waals surface area contributed by atoms with Crippen LogP contribution in [0.3, 0.4) is 0 Å². The Morgan fingerprint density at radius 2 is 1.50 bits per heavy atom. The predicted molar refractivity (Wildman–Crippen MR) is 72.1 cm³/mol.